The second-order valence-electron chi connectivity index (χ2n) is 5.81. The highest BCUT2D eigenvalue weighted by atomic mass is 16.5. The lowest BCUT2D eigenvalue weighted by Gasteiger charge is -2.35. The van der Waals surface area contributed by atoms with Gasteiger partial charge in [0.25, 0.3) is 0 Å². The zero-order valence-corrected chi connectivity index (χ0v) is 12.1. The Kier molecular flexibility index (Phi) is 3.81. The van der Waals surface area contributed by atoms with E-state index in [1.807, 2.05) is 13.8 Å². The number of carbonyl (C=O) groups excluding carboxylic acids is 2. The Bertz CT molecular complexity index is 510. The van der Waals surface area contributed by atoms with Crippen LogP contribution in [0.25, 0.3) is 0 Å². The third-order valence-corrected chi connectivity index (χ3v) is 3.50. The predicted octanol–water partition coefficient (Wildman–Crippen LogP) is 1.83. The fraction of sp³-hybridized carbons (Fsp3) is 0.467. The number of methoxy groups -OCH3 is 1. The fourth-order valence-corrected chi connectivity index (χ4v) is 2.58. The molecule has 2 rings (SSSR count). The Morgan fingerprint density at radius 2 is 1.85 bits per heavy atom. The summed E-state index contributed by atoms with van der Waals surface area (Å²) in [7, 11) is 1.52. The topological polar surface area (TPSA) is 72.6 Å². The first-order chi connectivity index (χ1) is 9.39. The molecule has 1 heterocycles. The van der Waals surface area contributed by atoms with Crippen molar-refractivity contribution in [1.82, 2.24) is 0 Å². The minimum absolute atomic E-state index is 0.203. The molecule has 2 N–H and O–H groups in total. The fourth-order valence-electron chi connectivity index (χ4n) is 2.58. The van der Waals surface area contributed by atoms with Gasteiger partial charge in [-0.2, -0.15) is 0 Å². The molecule has 2 amide bonds. The van der Waals surface area contributed by atoms with Crippen molar-refractivity contribution in [2.75, 3.05) is 12.0 Å². The van der Waals surface area contributed by atoms with Crippen LogP contribution in [-0.2, 0) is 16.1 Å². The van der Waals surface area contributed by atoms with Gasteiger partial charge in [0.15, 0.2) is 0 Å². The van der Waals surface area contributed by atoms with E-state index in [4.69, 9.17) is 10.5 Å². The van der Waals surface area contributed by atoms with E-state index in [0.29, 0.717) is 24.3 Å². The molecular formula is C15H20N2O3. The number of carbonyl (C=O) groups is 2. The van der Waals surface area contributed by atoms with Crippen LogP contribution in [0, 0.1) is 5.41 Å². The van der Waals surface area contributed by atoms with Gasteiger partial charge in [-0.25, -0.2) is 4.90 Å². The molecule has 0 aliphatic carbocycles. The monoisotopic (exact) mass is 276 g/mol. The summed E-state index contributed by atoms with van der Waals surface area (Å²) in [5.74, 6) is 0.0882. The van der Waals surface area contributed by atoms with Crippen molar-refractivity contribution in [3.63, 3.8) is 0 Å². The number of hydrogen-bond donors (Lipinski definition) is 1. The van der Waals surface area contributed by atoms with E-state index in [1.54, 1.807) is 18.2 Å². The predicted molar refractivity (Wildman–Crippen MR) is 76.4 cm³/mol. The summed E-state index contributed by atoms with van der Waals surface area (Å²) in [6.07, 6.45) is 0.668. The van der Waals surface area contributed by atoms with Gasteiger partial charge in [-0.3, -0.25) is 9.59 Å². The lowest BCUT2D eigenvalue weighted by Crippen LogP contribution is -2.46. The molecule has 1 aliphatic rings. The van der Waals surface area contributed by atoms with Crippen LogP contribution in [0.2, 0.25) is 0 Å². The van der Waals surface area contributed by atoms with Crippen LogP contribution in [0.1, 0.15) is 32.3 Å². The summed E-state index contributed by atoms with van der Waals surface area (Å²) in [6, 6.07) is 5.33. The normalized spacial score (nSPS) is 18.3. The first-order valence-electron chi connectivity index (χ1n) is 6.61. The van der Waals surface area contributed by atoms with Crippen LogP contribution in [0.15, 0.2) is 18.2 Å². The molecule has 5 heteroatoms. The largest absolute Gasteiger partial charge is 0.495 e. The quantitative estimate of drug-likeness (QED) is 0.855. The summed E-state index contributed by atoms with van der Waals surface area (Å²) in [5, 5.41) is 0. The first kappa shape index (κ1) is 14.5. The minimum Gasteiger partial charge on any atom is -0.495 e. The Morgan fingerprint density at radius 1 is 1.25 bits per heavy atom. The molecule has 0 spiro atoms. The average molecular weight is 276 g/mol. The highest BCUT2D eigenvalue weighted by Crippen LogP contribution is 2.39. The van der Waals surface area contributed by atoms with Crippen LogP contribution >= 0.6 is 0 Å². The van der Waals surface area contributed by atoms with Crippen LogP contribution in [-0.4, -0.2) is 18.9 Å². The Morgan fingerprint density at radius 3 is 2.35 bits per heavy atom. The maximum absolute atomic E-state index is 12.4. The number of imide groups is 1. The number of hydrogen-bond acceptors (Lipinski definition) is 4. The van der Waals surface area contributed by atoms with Gasteiger partial charge >= 0.3 is 0 Å². The molecule has 0 aromatic heterocycles. The van der Waals surface area contributed by atoms with E-state index >= 15 is 0 Å². The zero-order valence-electron chi connectivity index (χ0n) is 12.1. The second kappa shape index (κ2) is 5.25. The third-order valence-electron chi connectivity index (χ3n) is 3.50. The smallest absolute Gasteiger partial charge is 0.234 e. The molecule has 0 radical (unpaired) electrons. The molecule has 0 saturated carbocycles. The molecule has 0 bridgehead atoms. The molecule has 1 aromatic carbocycles. The number of para-hydroxylation sites is 1. The van der Waals surface area contributed by atoms with Crippen molar-refractivity contribution >= 4 is 17.5 Å². The van der Waals surface area contributed by atoms with Crippen molar-refractivity contribution in [3.05, 3.63) is 23.8 Å². The Hall–Kier alpha value is -1.88. The maximum Gasteiger partial charge on any atom is 0.234 e. The first-order valence-corrected chi connectivity index (χ1v) is 6.61. The second-order valence-corrected chi connectivity index (χ2v) is 5.81. The van der Waals surface area contributed by atoms with Crippen molar-refractivity contribution in [1.29, 1.82) is 0 Å². The van der Waals surface area contributed by atoms with Crippen LogP contribution in [0.5, 0.6) is 5.75 Å². The lowest BCUT2D eigenvalue weighted by molar-refractivity contribution is -0.132. The standard InChI is InChI=1S/C15H20N2O3/c1-15(2)7-12(18)17(13(19)8-15)14-10(9-16)5-4-6-11(14)20-3/h4-6H,7-9,16H2,1-3H3. The summed E-state index contributed by atoms with van der Waals surface area (Å²) in [5.41, 5.74) is 6.64. The van der Waals surface area contributed by atoms with E-state index in [0.717, 1.165) is 5.56 Å². The van der Waals surface area contributed by atoms with Crippen molar-refractivity contribution < 1.29 is 14.3 Å². The van der Waals surface area contributed by atoms with Gasteiger partial charge in [0.2, 0.25) is 11.8 Å². The molecule has 0 unspecified atom stereocenters. The van der Waals surface area contributed by atoms with Gasteiger partial charge in [-0.15, -0.1) is 0 Å². The number of rotatable bonds is 3. The molecule has 20 heavy (non-hydrogen) atoms. The van der Waals surface area contributed by atoms with Crippen molar-refractivity contribution in [2.45, 2.75) is 33.2 Å². The molecule has 1 fully saturated rings. The van der Waals surface area contributed by atoms with Crippen LogP contribution < -0.4 is 15.4 Å². The molecule has 108 valence electrons. The van der Waals surface area contributed by atoms with Gasteiger partial charge in [0.05, 0.1) is 12.8 Å². The number of piperidine rings is 1. The van der Waals surface area contributed by atoms with E-state index in [1.165, 1.54) is 12.0 Å². The van der Waals surface area contributed by atoms with Gasteiger partial charge in [0, 0.05) is 19.4 Å². The SMILES string of the molecule is COc1cccc(CN)c1N1C(=O)CC(C)(C)CC1=O. The van der Waals surface area contributed by atoms with E-state index in [2.05, 4.69) is 0 Å². The molecule has 5 nitrogen and oxygen atoms in total. The van der Waals surface area contributed by atoms with Crippen molar-refractivity contribution in [2.24, 2.45) is 11.1 Å². The Balaban J connectivity index is 2.51. The maximum atomic E-state index is 12.4. The number of nitrogens with two attached hydrogens (primary N) is 1. The summed E-state index contributed by atoms with van der Waals surface area (Å²) in [6.45, 7) is 4.09. The number of benzene rings is 1. The molecule has 1 aliphatic heterocycles. The van der Waals surface area contributed by atoms with Crippen molar-refractivity contribution in [3.8, 4) is 5.75 Å². The average Bonchev–Trinajstić information content (AvgIpc) is 2.36. The lowest BCUT2D eigenvalue weighted by atomic mass is 9.81. The highest BCUT2D eigenvalue weighted by Gasteiger charge is 2.39. The third kappa shape index (κ3) is 2.54. The summed E-state index contributed by atoms with van der Waals surface area (Å²) < 4.78 is 5.29. The minimum atomic E-state index is -0.296. The number of nitrogens with zero attached hydrogens (tertiary/aromatic N) is 1. The van der Waals surface area contributed by atoms with E-state index in [9.17, 15) is 9.59 Å². The van der Waals surface area contributed by atoms with Gasteiger partial charge in [-0.05, 0) is 17.0 Å². The summed E-state index contributed by atoms with van der Waals surface area (Å²) in [4.78, 5) is 26.0. The number of anilines is 1. The molecule has 1 saturated heterocycles. The number of ether oxygens (including phenoxy) is 1. The molecule has 1 aromatic rings. The molecule has 0 atom stereocenters. The van der Waals surface area contributed by atoms with Gasteiger partial charge < -0.3 is 10.5 Å². The van der Waals surface area contributed by atoms with E-state index in [-0.39, 0.29) is 23.8 Å². The Labute approximate surface area is 118 Å². The van der Waals surface area contributed by atoms with Crippen LogP contribution in [0.3, 0.4) is 0 Å². The van der Waals surface area contributed by atoms with E-state index < -0.39 is 0 Å². The van der Waals surface area contributed by atoms with Gasteiger partial charge in [-0.1, -0.05) is 26.0 Å². The molecular weight excluding hydrogens is 256 g/mol. The number of amides is 2. The van der Waals surface area contributed by atoms with Crippen LogP contribution in [0.4, 0.5) is 5.69 Å². The summed E-state index contributed by atoms with van der Waals surface area (Å²) >= 11 is 0. The van der Waals surface area contributed by atoms with Gasteiger partial charge in [0.1, 0.15) is 5.75 Å². The zero-order chi connectivity index (χ0) is 14.9. The highest BCUT2D eigenvalue weighted by molar-refractivity contribution is 6.18.